The second-order valence-electron chi connectivity index (χ2n) is 1.18. The highest BCUT2D eigenvalue weighted by Crippen LogP contribution is 2.21. The lowest BCUT2D eigenvalue weighted by atomic mass is 10.9. The van der Waals surface area contributed by atoms with Gasteiger partial charge in [0, 0.05) is 6.92 Å². The number of hydrogen-bond donors (Lipinski definition) is 0. The van der Waals surface area contributed by atoms with Crippen molar-refractivity contribution in [3.63, 3.8) is 0 Å². The number of carbonyl (C=O) groups excluding carboxylic acids is 1. The van der Waals surface area contributed by atoms with Gasteiger partial charge in [-0.15, -0.1) is 4.79 Å². The van der Waals surface area contributed by atoms with E-state index < -0.39 is 14.2 Å². The van der Waals surface area contributed by atoms with Crippen molar-refractivity contribution in [3.8, 4) is 0 Å². The number of nitrogens with zero attached hydrogens (tertiary/aromatic N) is 2. The zero-order chi connectivity index (χ0) is 7.98. The summed E-state index contributed by atoms with van der Waals surface area (Å²) in [4.78, 5) is 12.4. The lowest BCUT2D eigenvalue weighted by Gasteiger charge is -1.94. The summed E-state index contributed by atoms with van der Waals surface area (Å²) in [6.07, 6.45) is 0.518. The first kappa shape index (κ1) is 8.88. The standard InChI is InChI=1S/C3H5N2O4P/c1-3(6)9-10(7)8-2-5-4/h2,10H,1H3. The minimum Gasteiger partial charge on any atom is -0.385 e. The van der Waals surface area contributed by atoms with Gasteiger partial charge < -0.3 is 14.6 Å². The van der Waals surface area contributed by atoms with E-state index in [0.717, 1.165) is 6.92 Å². The van der Waals surface area contributed by atoms with Gasteiger partial charge in [-0.3, -0.25) is 4.79 Å². The highest BCUT2D eigenvalue weighted by atomic mass is 31.1. The molecule has 7 heteroatoms. The molecule has 0 aromatic heterocycles. The second-order valence-corrected chi connectivity index (χ2v) is 2.12. The third-order valence-electron chi connectivity index (χ3n) is 0.423. The first-order valence-corrected chi connectivity index (χ1v) is 3.44. The molecule has 0 saturated heterocycles. The fraction of sp³-hybridized carbons (Fsp3) is 0.333. The van der Waals surface area contributed by atoms with Crippen molar-refractivity contribution in [1.29, 1.82) is 0 Å². The first-order chi connectivity index (χ1) is 4.66. The third kappa shape index (κ3) is 5.03. The van der Waals surface area contributed by atoms with Crippen LogP contribution in [0, 0.1) is 0 Å². The molecular weight excluding hydrogens is 159 g/mol. The first-order valence-electron chi connectivity index (χ1n) is 2.21. The summed E-state index contributed by atoms with van der Waals surface area (Å²) < 4.78 is 18.4. The fourth-order valence-corrected chi connectivity index (χ4v) is 0.624. The summed E-state index contributed by atoms with van der Waals surface area (Å²) in [5.74, 6) is -0.713. The van der Waals surface area contributed by atoms with Crippen molar-refractivity contribution < 1.29 is 23.2 Å². The molecule has 0 N–H and O–H groups in total. The van der Waals surface area contributed by atoms with Gasteiger partial charge in [-0.25, -0.2) is 4.57 Å². The third-order valence-corrected chi connectivity index (χ3v) is 1.18. The van der Waals surface area contributed by atoms with E-state index in [-0.39, 0.29) is 0 Å². The van der Waals surface area contributed by atoms with Crippen LogP contribution in [0.5, 0.6) is 0 Å². The Bertz CT molecular complexity index is 191. The maximum atomic E-state index is 10.3. The van der Waals surface area contributed by atoms with Crippen molar-refractivity contribution in [2.45, 2.75) is 6.92 Å². The molecule has 0 amide bonds. The fourth-order valence-electron chi connectivity index (χ4n) is 0.208. The molecule has 0 spiro atoms. The van der Waals surface area contributed by atoms with Gasteiger partial charge in [0.25, 0.3) is 0 Å². The summed E-state index contributed by atoms with van der Waals surface area (Å²) in [5, 5.41) is 0. The van der Waals surface area contributed by atoms with Crippen LogP contribution in [-0.2, 0) is 18.4 Å². The van der Waals surface area contributed by atoms with Crippen molar-refractivity contribution in [2.75, 3.05) is 0 Å². The molecule has 1 atom stereocenters. The van der Waals surface area contributed by atoms with Crippen LogP contribution in [-0.4, -0.2) is 17.2 Å². The molecule has 10 heavy (non-hydrogen) atoms. The van der Waals surface area contributed by atoms with Crippen LogP contribution in [0.1, 0.15) is 6.92 Å². The zero-order valence-corrected chi connectivity index (χ0v) is 6.10. The van der Waals surface area contributed by atoms with Gasteiger partial charge in [-0.05, 0) is 0 Å². The molecule has 0 radical (unpaired) electrons. The summed E-state index contributed by atoms with van der Waals surface area (Å²) in [5.41, 5.74) is 7.73. The minimum atomic E-state index is -2.86. The Kier molecular flexibility index (Phi) is 4.20. The topological polar surface area (TPSA) is 89.0 Å². The van der Waals surface area contributed by atoms with E-state index in [4.69, 9.17) is 5.53 Å². The monoisotopic (exact) mass is 164 g/mol. The van der Waals surface area contributed by atoms with E-state index in [1.807, 2.05) is 0 Å². The summed E-state index contributed by atoms with van der Waals surface area (Å²) in [6.45, 7) is 1.09. The maximum absolute atomic E-state index is 10.3. The molecule has 1 unspecified atom stereocenters. The van der Waals surface area contributed by atoms with E-state index in [2.05, 4.69) is 13.8 Å². The Hall–Kier alpha value is -1.12. The van der Waals surface area contributed by atoms with Crippen LogP contribution in [0.4, 0.5) is 0 Å². The van der Waals surface area contributed by atoms with E-state index in [9.17, 15) is 9.36 Å². The SMILES string of the molecule is CC(=O)O[PH](=O)OC=[N+]=[N-]. The molecule has 0 saturated carbocycles. The van der Waals surface area contributed by atoms with Crippen molar-refractivity contribution in [2.24, 2.45) is 0 Å². The van der Waals surface area contributed by atoms with Gasteiger partial charge in [0.05, 0.1) is 0 Å². The maximum Gasteiger partial charge on any atom is 0.445 e. The van der Waals surface area contributed by atoms with E-state index in [1.54, 1.807) is 0 Å². The number of hydrogen-bond acceptors (Lipinski definition) is 4. The van der Waals surface area contributed by atoms with Gasteiger partial charge in [0.1, 0.15) is 0 Å². The van der Waals surface area contributed by atoms with Gasteiger partial charge in [-0.1, -0.05) is 0 Å². The van der Waals surface area contributed by atoms with Crippen LogP contribution in [0.15, 0.2) is 0 Å². The molecule has 0 fully saturated rings. The van der Waals surface area contributed by atoms with Crippen LogP contribution in [0.2, 0.25) is 0 Å². The van der Waals surface area contributed by atoms with E-state index in [1.165, 1.54) is 0 Å². The molecule has 0 heterocycles. The largest absolute Gasteiger partial charge is 0.445 e. The molecule has 0 aromatic carbocycles. The van der Waals surface area contributed by atoms with E-state index >= 15 is 0 Å². The minimum absolute atomic E-state index is 0.518. The van der Waals surface area contributed by atoms with Gasteiger partial charge in [-0.2, -0.15) is 0 Å². The number of carbonyl (C=O) groups is 1. The molecular formula is C3H5N2O4P. The highest BCUT2D eigenvalue weighted by Gasteiger charge is 2.01. The molecule has 0 aromatic rings. The second kappa shape index (κ2) is 4.73. The van der Waals surface area contributed by atoms with Crippen molar-refractivity contribution >= 4 is 20.6 Å². The normalized spacial score (nSPS) is 10.9. The Morgan fingerprint density at radius 1 is 1.80 bits per heavy atom. The molecule has 0 aliphatic heterocycles. The predicted molar refractivity (Wildman–Crippen MR) is 31.5 cm³/mol. The Morgan fingerprint density at radius 3 is 2.80 bits per heavy atom. The average Bonchev–Trinajstić information content (AvgIpc) is 1.82. The van der Waals surface area contributed by atoms with Crippen LogP contribution in [0.25, 0.3) is 5.53 Å². The number of rotatable bonds is 3. The van der Waals surface area contributed by atoms with Gasteiger partial charge in [0.15, 0.2) is 0 Å². The van der Waals surface area contributed by atoms with Crippen LogP contribution in [0.3, 0.4) is 0 Å². The summed E-state index contributed by atoms with van der Waals surface area (Å²) >= 11 is 0. The molecule has 0 aliphatic carbocycles. The summed E-state index contributed by atoms with van der Waals surface area (Å²) in [6, 6.07) is 0. The molecule has 6 nitrogen and oxygen atoms in total. The highest BCUT2D eigenvalue weighted by molar-refractivity contribution is 7.34. The van der Waals surface area contributed by atoms with Gasteiger partial charge in [0.2, 0.25) is 0 Å². The lowest BCUT2D eigenvalue weighted by Crippen LogP contribution is -1.90. The zero-order valence-electron chi connectivity index (χ0n) is 5.10. The summed E-state index contributed by atoms with van der Waals surface area (Å²) in [7, 11) is -2.86. The molecule has 0 bridgehead atoms. The Labute approximate surface area is 57.3 Å². The lowest BCUT2D eigenvalue weighted by molar-refractivity contribution is -0.131. The molecule has 56 valence electrons. The van der Waals surface area contributed by atoms with Crippen LogP contribution < -0.4 is 0 Å². The quantitative estimate of drug-likeness (QED) is 0.196. The van der Waals surface area contributed by atoms with Gasteiger partial charge >= 0.3 is 20.6 Å². The average molecular weight is 164 g/mol. The van der Waals surface area contributed by atoms with Crippen molar-refractivity contribution in [1.82, 2.24) is 0 Å². The molecule has 0 rings (SSSR count). The van der Waals surface area contributed by atoms with Crippen molar-refractivity contribution in [3.05, 3.63) is 5.53 Å². The Balaban J connectivity index is 3.64. The van der Waals surface area contributed by atoms with E-state index in [0.29, 0.717) is 6.40 Å². The Morgan fingerprint density at radius 2 is 2.40 bits per heavy atom. The molecule has 0 aliphatic rings. The van der Waals surface area contributed by atoms with Crippen LogP contribution >= 0.6 is 8.25 Å². The predicted octanol–water partition coefficient (Wildman–Crippen LogP) is 0.214. The smallest absolute Gasteiger partial charge is 0.385 e.